The maximum atomic E-state index is 12.3. The van der Waals surface area contributed by atoms with Crippen molar-refractivity contribution in [3.63, 3.8) is 0 Å². The Hall–Kier alpha value is -1.90. The molecule has 27 heavy (non-hydrogen) atoms. The molecule has 0 aromatic heterocycles. The van der Waals surface area contributed by atoms with Gasteiger partial charge in [-0.1, -0.05) is 94.9 Å². The lowest BCUT2D eigenvalue weighted by molar-refractivity contribution is -0.112. The van der Waals surface area contributed by atoms with Crippen molar-refractivity contribution in [2.24, 2.45) is 5.92 Å². The molecule has 1 aromatic carbocycles. The van der Waals surface area contributed by atoms with Crippen molar-refractivity contribution in [2.75, 3.05) is 0 Å². The first-order chi connectivity index (χ1) is 13.2. The lowest BCUT2D eigenvalue weighted by atomic mass is 9.86. The van der Waals surface area contributed by atoms with Crippen molar-refractivity contribution >= 4 is 17.3 Å². The summed E-state index contributed by atoms with van der Waals surface area (Å²) in [7, 11) is 0. The Morgan fingerprint density at radius 2 is 1.30 bits per heavy atom. The molecule has 0 radical (unpaired) electrons. The number of benzene rings is 1. The predicted octanol–water partition coefficient (Wildman–Crippen LogP) is 6.42. The Kier molecular flexibility index (Phi) is 7.25. The van der Waals surface area contributed by atoms with E-state index in [1.54, 1.807) is 24.3 Å². The summed E-state index contributed by atoms with van der Waals surface area (Å²) in [5.41, 5.74) is 1.12. The van der Waals surface area contributed by atoms with Gasteiger partial charge in [0.25, 0.3) is 0 Å². The molecule has 1 saturated carbocycles. The van der Waals surface area contributed by atoms with Gasteiger partial charge in [-0.15, -0.1) is 0 Å². The van der Waals surface area contributed by atoms with Crippen molar-refractivity contribution in [3.05, 3.63) is 41.0 Å². The second kappa shape index (κ2) is 9.87. The second-order valence-electron chi connectivity index (χ2n) is 8.20. The number of carbonyl (C=O) groups is 2. The minimum absolute atomic E-state index is 0.00129. The first kappa shape index (κ1) is 19.9. The van der Waals surface area contributed by atoms with Crippen molar-refractivity contribution in [1.29, 1.82) is 0 Å². The van der Waals surface area contributed by atoms with E-state index in [0.29, 0.717) is 23.1 Å². The molecular formula is C24H32O3. The highest BCUT2D eigenvalue weighted by Gasteiger charge is 2.31. The maximum Gasteiger partial charge on any atom is 0.234 e. The summed E-state index contributed by atoms with van der Waals surface area (Å²) < 4.78 is 0. The highest BCUT2D eigenvalue weighted by Crippen LogP contribution is 2.34. The van der Waals surface area contributed by atoms with Gasteiger partial charge in [0.2, 0.25) is 11.6 Å². The molecule has 146 valence electrons. The highest BCUT2D eigenvalue weighted by molar-refractivity contribution is 6.52. The molecule has 0 unspecified atom stereocenters. The number of aliphatic hydroxyl groups is 1. The number of aliphatic hydroxyl groups excluding tert-OH is 1. The van der Waals surface area contributed by atoms with Crippen LogP contribution in [0.4, 0.5) is 0 Å². The number of allylic oxidation sites excluding steroid dienone is 1. The van der Waals surface area contributed by atoms with E-state index in [9.17, 15) is 14.7 Å². The third kappa shape index (κ3) is 5.54. The lowest BCUT2D eigenvalue weighted by Gasteiger charge is -2.17. The van der Waals surface area contributed by atoms with Gasteiger partial charge in [-0.2, -0.15) is 0 Å². The molecule has 2 aliphatic rings. The Morgan fingerprint density at radius 3 is 1.93 bits per heavy atom. The van der Waals surface area contributed by atoms with Crippen molar-refractivity contribution in [2.45, 2.75) is 83.5 Å². The fourth-order valence-electron chi connectivity index (χ4n) is 4.03. The molecule has 1 aromatic rings. The van der Waals surface area contributed by atoms with Gasteiger partial charge in [0.05, 0.1) is 0 Å². The van der Waals surface area contributed by atoms with Crippen LogP contribution < -0.4 is 0 Å². The fraction of sp³-hybridized carbons (Fsp3) is 0.583. The number of ketones is 2. The van der Waals surface area contributed by atoms with Crippen molar-refractivity contribution in [1.82, 2.24) is 0 Å². The summed E-state index contributed by atoms with van der Waals surface area (Å²) in [6, 6.07) is 6.81. The number of hydrogen-bond donors (Lipinski definition) is 1. The number of fused-ring (bicyclic) bond motifs is 1. The summed E-state index contributed by atoms with van der Waals surface area (Å²) >= 11 is 0. The van der Waals surface area contributed by atoms with E-state index in [4.69, 9.17) is 0 Å². The quantitative estimate of drug-likeness (QED) is 0.342. The van der Waals surface area contributed by atoms with E-state index in [2.05, 4.69) is 0 Å². The SMILES string of the molecule is O=C1C(=O)c2ccccc2C(O)=C1CCCCCCCCCCCC1CC1. The van der Waals surface area contributed by atoms with Gasteiger partial charge in [-0.05, 0) is 18.8 Å². The molecule has 2 aliphatic carbocycles. The van der Waals surface area contributed by atoms with Crippen LogP contribution in [0.25, 0.3) is 5.76 Å². The minimum atomic E-state index is -0.530. The Balaban J connectivity index is 1.30. The van der Waals surface area contributed by atoms with Crippen LogP contribution in [0.2, 0.25) is 0 Å². The largest absolute Gasteiger partial charge is 0.507 e. The molecular weight excluding hydrogens is 336 g/mol. The van der Waals surface area contributed by atoms with Gasteiger partial charge in [0.1, 0.15) is 5.76 Å². The number of Topliss-reactive ketones (excluding diaryl/α,β-unsaturated/α-hetero) is 2. The highest BCUT2D eigenvalue weighted by atomic mass is 16.3. The second-order valence-corrected chi connectivity index (χ2v) is 8.20. The van der Waals surface area contributed by atoms with Gasteiger partial charge < -0.3 is 5.11 Å². The van der Waals surface area contributed by atoms with Crippen LogP contribution in [0, 0.1) is 5.92 Å². The van der Waals surface area contributed by atoms with Crippen LogP contribution in [0.1, 0.15) is 99.4 Å². The Labute approximate surface area is 162 Å². The summed E-state index contributed by atoms with van der Waals surface area (Å²) in [5.74, 6) is 0.0539. The summed E-state index contributed by atoms with van der Waals surface area (Å²) in [5, 5.41) is 10.4. The number of carbonyl (C=O) groups excluding carboxylic acids is 2. The molecule has 0 aliphatic heterocycles. The van der Waals surface area contributed by atoms with Crippen LogP contribution in [0.5, 0.6) is 0 Å². The third-order valence-electron chi connectivity index (χ3n) is 5.93. The standard InChI is InChI=1S/C24H32O3/c25-22-19-13-10-11-14-20(19)23(26)24(27)21(22)15-9-7-5-3-1-2-4-6-8-12-18-16-17-18/h10-11,13-14,18,25H,1-9,12,15-17H2. The zero-order valence-corrected chi connectivity index (χ0v) is 16.3. The average Bonchev–Trinajstić information content (AvgIpc) is 3.51. The summed E-state index contributed by atoms with van der Waals surface area (Å²) in [4.78, 5) is 24.5. The van der Waals surface area contributed by atoms with E-state index >= 15 is 0 Å². The molecule has 0 atom stereocenters. The monoisotopic (exact) mass is 368 g/mol. The maximum absolute atomic E-state index is 12.3. The number of unbranched alkanes of at least 4 members (excludes halogenated alkanes) is 8. The average molecular weight is 369 g/mol. The molecule has 0 spiro atoms. The topological polar surface area (TPSA) is 54.4 Å². The molecule has 0 heterocycles. The molecule has 3 rings (SSSR count). The van der Waals surface area contributed by atoms with Gasteiger partial charge in [-0.25, -0.2) is 0 Å². The van der Waals surface area contributed by atoms with Crippen LogP contribution >= 0.6 is 0 Å². The van der Waals surface area contributed by atoms with Gasteiger partial charge in [0, 0.05) is 16.7 Å². The van der Waals surface area contributed by atoms with Crippen molar-refractivity contribution in [3.8, 4) is 0 Å². The fourth-order valence-corrected chi connectivity index (χ4v) is 4.03. The predicted molar refractivity (Wildman–Crippen MR) is 109 cm³/mol. The third-order valence-corrected chi connectivity index (χ3v) is 5.93. The zero-order valence-electron chi connectivity index (χ0n) is 16.3. The molecule has 3 heteroatoms. The van der Waals surface area contributed by atoms with Gasteiger partial charge in [0.15, 0.2) is 0 Å². The van der Waals surface area contributed by atoms with Crippen molar-refractivity contribution < 1.29 is 14.7 Å². The number of hydrogen-bond acceptors (Lipinski definition) is 3. The Morgan fingerprint density at radius 1 is 0.741 bits per heavy atom. The van der Waals surface area contributed by atoms with Gasteiger partial charge >= 0.3 is 0 Å². The molecule has 0 bridgehead atoms. The van der Waals surface area contributed by atoms with Crippen LogP contribution in [0.3, 0.4) is 0 Å². The molecule has 3 nitrogen and oxygen atoms in total. The smallest absolute Gasteiger partial charge is 0.234 e. The normalized spacial score (nSPS) is 16.7. The van der Waals surface area contributed by atoms with Crippen LogP contribution in [0.15, 0.2) is 29.8 Å². The van der Waals surface area contributed by atoms with Crippen LogP contribution in [-0.2, 0) is 4.79 Å². The van der Waals surface area contributed by atoms with Gasteiger partial charge in [-0.3, -0.25) is 9.59 Å². The first-order valence-electron chi connectivity index (χ1n) is 10.8. The van der Waals surface area contributed by atoms with Crippen LogP contribution in [-0.4, -0.2) is 16.7 Å². The first-order valence-corrected chi connectivity index (χ1v) is 10.8. The van der Waals surface area contributed by atoms with E-state index in [1.165, 1.54) is 57.8 Å². The molecule has 1 fully saturated rings. The van der Waals surface area contributed by atoms with E-state index in [0.717, 1.165) is 25.2 Å². The number of rotatable bonds is 12. The Bertz CT molecular complexity index is 697. The minimum Gasteiger partial charge on any atom is -0.507 e. The van der Waals surface area contributed by atoms with E-state index in [-0.39, 0.29) is 5.76 Å². The van der Waals surface area contributed by atoms with E-state index in [1.807, 2.05) is 0 Å². The zero-order chi connectivity index (χ0) is 19.1. The molecule has 0 saturated heterocycles. The molecule has 0 amide bonds. The lowest BCUT2D eigenvalue weighted by Crippen LogP contribution is -2.24. The summed E-state index contributed by atoms with van der Waals surface area (Å²) in [6.45, 7) is 0. The molecule has 1 N–H and O–H groups in total. The summed E-state index contributed by atoms with van der Waals surface area (Å²) in [6.07, 6.45) is 16.0. The van der Waals surface area contributed by atoms with E-state index < -0.39 is 11.6 Å².